The number of fused-ring (bicyclic) bond motifs is 1. The molecule has 1 aliphatic rings. The molecule has 0 atom stereocenters. The van der Waals surface area contributed by atoms with Gasteiger partial charge in [0.05, 0.1) is 30.9 Å². The predicted molar refractivity (Wildman–Crippen MR) is 60.3 cm³/mol. The molecule has 1 fully saturated rings. The Morgan fingerprint density at radius 2 is 2.11 bits per heavy atom. The summed E-state index contributed by atoms with van der Waals surface area (Å²) in [6.45, 7) is 2.80. The van der Waals surface area contributed by atoms with Crippen molar-refractivity contribution in [1.29, 1.82) is 0 Å². The van der Waals surface area contributed by atoms with Crippen LogP contribution >= 0.6 is 0 Å². The number of carbonyl (C=O) groups excluding carboxylic acids is 1. The summed E-state index contributed by atoms with van der Waals surface area (Å²) < 4.78 is 6.69. The van der Waals surface area contributed by atoms with Gasteiger partial charge in [-0.3, -0.25) is 0 Å². The average Bonchev–Trinajstić information content (AvgIpc) is 2.82. The van der Waals surface area contributed by atoms with Gasteiger partial charge in [0.25, 0.3) is 0 Å². The molecule has 0 unspecified atom stereocenters. The van der Waals surface area contributed by atoms with Gasteiger partial charge in [0.1, 0.15) is 5.82 Å². The molecule has 0 aromatic carbocycles. The molecule has 0 amide bonds. The summed E-state index contributed by atoms with van der Waals surface area (Å²) >= 11 is 0. The summed E-state index contributed by atoms with van der Waals surface area (Å²) in [5, 5.41) is 14.8. The monoisotopic (exact) mass is 254 g/mol. The van der Waals surface area contributed by atoms with E-state index >= 15 is 0 Å². The molecule has 1 aliphatic heterocycles. The Bertz CT molecular complexity index is 595. The van der Waals surface area contributed by atoms with Gasteiger partial charge in [-0.15, -0.1) is 0 Å². The first-order chi connectivity index (χ1) is 8.75. The maximum atomic E-state index is 10.9. The van der Waals surface area contributed by atoms with Crippen molar-refractivity contribution in [3.8, 4) is 0 Å². The number of rotatable bonds is 2. The van der Waals surface area contributed by atoms with Crippen LogP contribution in [0.1, 0.15) is 10.4 Å². The van der Waals surface area contributed by atoms with Gasteiger partial charge < -0.3 is 19.5 Å². The van der Waals surface area contributed by atoms with E-state index in [4.69, 9.17) is 4.74 Å². The average molecular weight is 254 g/mol. The molecule has 2 aromatic heterocycles. The third kappa shape index (κ3) is 2.58. The molecule has 0 saturated carbocycles. The van der Waals surface area contributed by atoms with Gasteiger partial charge in [-0.1, -0.05) is 0 Å². The van der Waals surface area contributed by atoms with Gasteiger partial charge in [0.15, 0.2) is 5.65 Å². The molecule has 3 heterocycles. The van der Waals surface area contributed by atoms with Crippen molar-refractivity contribution in [1.82, 2.24) is 14.6 Å². The zero-order valence-electron chi connectivity index (χ0n) is 10.6. The summed E-state index contributed by atoms with van der Waals surface area (Å²) in [4.78, 5) is 17.3. The standard InChI is InChI=1S/C11H12N4O3.Li/c16-11(17)8-7-12-15-2-1-9(13-10(8)15)14-3-5-18-6-4-14;/h1-2,7H,3-6H2,(H,16,17);/q;+1/p-1. The second-order valence-corrected chi connectivity index (χ2v) is 4.00. The number of ether oxygens (including phenoxy) is 1. The van der Waals surface area contributed by atoms with Crippen LogP contribution in [0.25, 0.3) is 5.65 Å². The number of carboxylic acids is 1. The Labute approximate surface area is 121 Å². The van der Waals surface area contributed by atoms with Gasteiger partial charge in [-0.2, -0.15) is 5.10 Å². The normalized spacial score (nSPS) is 15.3. The molecule has 0 N–H and O–H groups in total. The molecule has 0 aliphatic carbocycles. The molecule has 19 heavy (non-hydrogen) atoms. The van der Waals surface area contributed by atoms with Crippen LogP contribution in [0.5, 0.6) is 0 Å². The zero-order valence-corrected chi connectivity index (χ0v) is 10.6. The molecule has 8 heteroatoms. The minimum absolute atomic E-state index is 0. The smallest absolute Gasteiger partial charge is 0.545 e. The molecular weight excluding hydrogens is 243 g/mol. The number of aromatic carboxylic acids is 1. The number of morpholine rings is 1. The quantitative estimate of drug-likeness (QED) is 0.507. The fourth-order valence-electron chi connectivity index (χ4n) is 1.97. The van der Waals surface area contributed by atoms with Crippen LogP contribution < -0.4 is 28.9 Å². The number of hydrogen-bond donors (Lipinski definition) is 0. The minimum atomic E-state index is -1.27. The minimum Gasteiger partial charge on any atom is -0.545 e. The molecule has 3 rings (SSSR count). The molecular formula is C11H11LiN4O3. The van der Waals surface area contributed by atoms with E-state index in [0.717, 1.165) is 18.9 Å². The first-order valence-electron chi connectivity index (χ1n) is 5.64. The largest absolute Gasteiger partial charge is 1.00 e. The van der Waals surface area contributed by atoms with E-state index < -0.39 is 5.97 Å². The van der Waals surface area contributed by atoms with Gasteiger partial charge in [0.2, 0.25) is 0 Å². The van der Waals surface area contributed by atoms with Crippen molar-refractivity contribution in [2.45, 2.75) is 0 Å². The Balaban J connectivity index is 0.00000133. The predicted octanol–water partition coefficient (Wildman–Crippen LogP) is -4.07. The van der Waals surface area contributed by atoms with E-state index in [9.17, 15) is 9.90 Å². The van der Waals surface area contributed by atoms with E-state index in [2.05, 4.69) is 15.0 Å². The van der Waals surface area contributed by atoms with Crippen molar-refractivity contribution in [2.24, 2.45) is 0 Å². The van der Waals surface area contributed by atoms with Crippen LogP contribution in [0.3, 0.4) is 0 Å². The molecule has 2 aromatic rings. The van der Waals surface area contributed by atoms with E-state index in [0.29, 0.717) is 18.9 Å². The van der Waals surface area contributed by atoms with Crippen LogP contribution in [0, 0.1) is 0 Å². The number of hydrogen-bond acceptors (Lipinski definition) is 6. The van der Waals surface area contributed by atoms with Crippen LogP contribution in [0.15, 0.2) is 18.5 Å². The molecule has 0 bridgehead atoms. The second-order valence-electron chi connectivity index (χ2n) is 4.00. The first kappa shape index (κ1) is 13.9. The summed E-state index contributed by atoms with van der Waals surface area (Å²) in [6.07, 6.45) is 2.94. The number of carbonyl (C=O) groups is 1. The molecule has 1 saturated heterocycles. The van der Waals surface area contributed by atoms with E-state index in [-0.39, 0.29) is 24.4 Å². The Morgan fingerprint density at radius 1 is 1.37 bits per heavy atom. The van der Waals surface area contributed by atoms with E-state index in [1.54, 1.807) is 6.20 Å². The third-order valence-electron chi connectivity index (χ3n) is 2.91. The van der Waals surface area contributed by atoms with Crippen LogP contribution in [0.4, 0.5) is 5.82 Å². The van der Waals surface area contributed by atoms with E-state index in [1.807, 2.05) is 6.07 Å². The van der Waals surface area contributed by atoms with Gasteiger partial charge in [-0.05, 0) is 6.07 Å². The molecule has 0 radical (unpaired) electrons. The van der Waals surface area contributed by atoms with E-state index in [1.165, 1.54) is 10.7 Å². The SMILES string of the molecule is O=C([O-])c1cnn2ccc(N3CCOCC3)nc12.[Li+]. The van der Waals surface area contributed by atoms with Gasteiger partial charge >= 0.3 is 18.9 Å². The maximum absolute atomic E-state index is 10.9. The van der Waals surface area contributed by atoms with Crippen molar-refractivity contribution in [2.75, 3.05) is 31.2 Å². The number of anilines is 1. The second kappa shape index (κ2) is 5.61. The fourth-order valence-corrected chi connectivity index (χ4v) is 1.97. The topological polar surface area (TPSA) is 82.8 Å². The summed E-state index contributed by atoms with van der Waals surface area (Å²) in [5.74, 6) is -0.537. The summed E-state index contributed by atoms with van der Waals surface area (Å²) in [7, 11) is 0. The third-order valence-corrected chi connectivity index (χ3v) is 2.91. The Hall–Kier alpha value is -1.55. The van der Waals surface area contributed by atoms with Crippen LogP contribution in [-0.2, 0) is 4.74 Å². The van der Waals surface area contributed by atoms with Crippen molar-refractivity contribution in [3.05, 3.63) is 24.0 Å². The molecule has 7 nitrogen and oxygen atoms in total. The van der Waals surface area contributed by atoms with Crippen molar-refractivity contribution >= 4 is 17.4 Å². The van der Waals surface area contributed by atoms with Crippen molar-refractivity contribution in [3.63, 3.8) is 0 Å². The van der Waals surface area contributed by atoms with Crippen LogP contribution in [0.2, 0.25) is 0 Å². The number of aromatic nitrogens is 3. The number of nitrogens with zero attached hydrogens (tertiary/aromatic N) is 4. The van der Waals surface area contributed by atoms with Gasteiger partial charge in [-0.25, -0.2) is 9.50 Å². The summed E-state index contributed by atoms with van der Waals surface area (Å²) in [6, 6.07) is 1.81. The zero-order chi connectivity index (χ0) is 12.5. The first-order valence-corrected chi connectivity index (χ1v) is 5.64. The Kier molecular flexibility index (Phi) is 4.10. The molecule has 94 valence electrons. The number of carboxylic acid groups (broad SMARTS) is 1. The fraction of sp³-hybridized carbons (Fsp3) is 0.364. The maximum Gasteiger partial charge on any atom is 1.00 e. The van der Waals surface area contributed by atoms with Gasteiger partial charge in [0, 0.05) is 19.3 Å². The van der Waals surface area contributed by atoms with Crippen LogP contribution in [-0.4, -0.2) is 46.9 Å². The Morgan fingerprint density at radius 3 is 2.79 bits per heavy atom. The molecule has 0 spiro atoms. The van der Waals surface area contributed by atoms with Crippen molar-refractivity contribution < 1.29 is 33.5 Å². The summed E-state index contributed by atoms with van der Waals surface area (Å²) in [5.41, 5.74) is 0.309.